The van der Waals surface area contributed by atoms with Gasteiger partial charge in [0, 0.05) is 5.92 Å². The van der Waals surface area contributed by atoms with Gasteiger partial charge < -0.3 is 14.6 Å². The standard InChI is InChI=1S/C24H29N3O2/c1-3-17(2)18-10-12-20(13-11-18)29-15-14-27-22-7-5-4-6-21(22)26-23(27)16-25-24(28)19-8-9-19/h4-7,10-13,17,19H,3,8-9,14-16H2,1-2H3,(H,25,28). The number of hydrogen-bond donors (Lipinski definition) is 1. The third-order valence-corrected chi connectivity index (χ3v) is 5.75. The van der Waals surface area contributed by atoms with Crippen LogP contribution in [0, 0.1) is 5.92 Å². The predicted octanol–water partition coefficient (Wildman–Crippen LogP) is 4.66. The summed E-state index contributed by atoms with van der Waals surface area (Å²) in [6.07, 6.45) is 3.14. The van der Waals surface area contributed by atoms with Gasteiger partial charge in [0.1, 0.15) is 18.2 Å². The molecule has 0 radical (unpaired) electrons. The average molecular weight is 392 g/mol. The van der Waals surface area contributed by atoms with Crippen LogP contribution in [0.25, 0.3) is 11.0 Å². The van der Waals surface area contributed by atoms with E-state index in [2.05, 4.69) is 41.9 Å². The van der Waals surface area contributed by atoms with Gasteiger partial charge in [-0.2, -0.15) is 0 Å². The topological polar surface area (TPSA) is 56.1 Å². The summed E-state index contributed by atoms with van der Waals surface area (Å²) in [7, 11) is 0. The summed E-state index contributed by atoms with van der Waals surface area (Å²) in [6, 6.07) is 16.5. The molecule has 0 saturated heterocycles. The Morgan fingerprint density at radius 1 is 1.21 bits per heavy atom. The molecule has 5 nitrogen and oxygen atoms in total. The Kier molecular flexibility index (Phi) is 5.84. The van der Waals surface area contributed by atoms with Gasteiger partial charge in [-0.3, -0.25) is 4.79 Å². The van der Waals surface area contributed by atoms with Crippen molar-refractivity contribution in [1.82, 2.24) is 14.9 Å². The molecule has 1 unspecified atom stereocenters. The Balaban J connectivity index is 1.42. The number of fused-ring (bicyclic) bond motifs is 1. The summed E-state index contributed by atoms with van der Waals surface area (Å²) in [5, 5.41) is 3.03. The Morgan fingerprint density at radius 2 is 1.97 bits per heavy atom. The number of carbonyl (C=O) groups is 1. The molecule has 2 aromatic carbocycles. The highest BCUT2D eigenvalue weighted by Crippen LogP contribution is 2.29. The molecular formula is C24H29N3O2. The third-order valence-electron chi connectivity index (χ3n) is 5.75. The van der Waals surface area contributed by atoms with Crippen LogP contribution in [0.1, 0.15) is 50.4 Å². The van der Waals surface area contributed by atoms with Crippen LogP contribution in [0.15, 0.2) is 48.5 Å². The molecule has 1 saturated carbocycles. The minimum Gasteiger partial charge on any atom is -0.492 e. The van der Waals surface area contributed by atoms with Crippen molar-refractivity contribution in [3.63, 3.8) is 0 Å². The van der Waals surface area contributed by atoms with Crippen LogP contribution in [-0.4, -0.2) is 22.1 Å². The normalized spacial score (nSPS) is 14.7. The van der Waals surface area contributed by atoms with Crippen molar-refractivity contribution >= 4 is 16.9 Å². The van der Waals surface area contributed by atoms with Crippen molar-refractivity contribution in [3.05, 3.63) is 59.9 Å². The van der Waals surface area contributed by atoms with E-state index in [1.165, 1.54) is 5.56 Å². The second-order valence-corrected chi connectivity index (χ2v) is 7.89. The Bertz CT molecular complexity index is 973. The van der Waals surface area contributed by atoms with Gasteiger partial charge in [-0.05, 0) is 55.0 Å². The number of aromatic nitrogens is 2. The van der Waals surface area contributed by atoms with E-state index in [0.29, 0.717) is 25.6 Å². The van der Waals surface area contributed by atoms with Gasteiger partial charge in [-0.15, -0.1) is 0 Å². The van der Waals surface area contributed by atoms with E-state index in [-0.39, 0.29) is 11.8 Å². The van der Waals surface area contributed by atoms with Gasteiger partial charge in [0.25, 0.3) is 0 Å². The zero-order chi connectivity index (χ0) is 20.2. The van der Waals surface area contributed by atoms with Gasteiger partial charge in [0.2, 0.25) is 5.91 Å². The lowest BCUT2D eigenvalue weighted by molar-refractivity contribution is -0.122. The van der Waals surface area contributed by atoms with E-state index in [4.69, 9.17) is 9.72 Å². The molecule has 5 heteroatoms. The molecule has 1 heterocycles. The van der Waals surface area contributed by atoms with Crippen LogP contribution in [0.4, 0.5) is 0 Å². The largest absolute Gasteiger partial charge is 0.492 e. The monoisotopic (exact) mass is 391 g/mol. The number of para-hydroxylation sites is 2. The summed E-state index contributed by atoms with van der Waals surface area (Å²) < 4.78 is 8.14. The molecular weight excluding hydrogens is 362 g/mol. The molecule has 1 aromatic heterocycles. The smallest absolute Gasteiger partial charge is 0.223 e. The summed E-state index contributed by atoms with van der Waals surface area (Å²) in [5.74, 6) is 2.66. The minimum absolute atomic E-state index is 0.140. The lowest BCUT2D eigenvalue weighted by Gasteiger charge is -2.13. The second kappa shape index (κ2) is 8.68. The van der Waals surface area contributed by atoms with Crippen molar-refractivity contribution < 1.29 is 9.53 Å². The first kappa shape index (κ1) is 19.5. The fourth-order valence-corrected chi connectivity index (χ4v) is 3.55. The van der Waals surface area contributed by atoms with Crippen molar-refractivity contribution in [3.8, 4) is 5.75 Å². The Labute approximate surface area is 172 Å². The van der Waals surface area contributed by atoms with Gasteiger partial charge in [-0.25, -0.2) is 4.98 Å². The highest BCUT2D eigenvalue weighted by molar-refractivity contribution is 5.81. The third kappa shape index (κ3) is 4.61. The number of rotatable bonds is 9. The first-order chi connectivity index (χ1) is 14.2. The van der Waals surface area contributed by atoms with Crippen molar-refractivity contribution in [2.75, 3.05) is 6.61 Å². The molecule has 152 valence electrons. The molecule has 1 amide bonds. The summed E-state index contributed by atoms with van der Waals surface area (Å²) >= 11 is 0. The zero-order valence-electron chi connectivity index (χ0n) is 17.2. The van der Waals surface area contributed by atoms with E-state index in [9.17, 15) is 4.79 Å². The number of nitrogens with one attached hydrogen (secondary N) is 1. The number of amides is 1. The molecule has 0 bridgehead atoms. The number of hydrogen-bond acceptors (Lipinski definition) is 3. The van der Waals surface area contributed by atoms with Gasteiger partial charge in [0.05, 0.1) is 24.1 Å². The van der Waals surface area contributed by atoms with Crippen LogP contribution < -0.4 is 10.1 Å². The molecule has 0 spiro atoms. The average Bonchev–Trinajstić information content (AvgIpc) is 3.55. The Morgan fingerprint density at radius 3 is 2.69 bits per heavy atom. The van der Waals surface area contributed by atoms with Gasteiger partial charge in [0.15, 0.2) is 0 Å². The van der Waals surface area contributed by atoms with Crippen molar-refractivity contribution in [1.29, 1.82) is 0 Å². The quantitative estimate of drug-likeness (QED) is 0.577. The lowest BCUT2D eigenvalue weighted by Crippen LogP contribution is -2.26. The number of ether oxygens (including phenoxy) is 1. The molecule has 4 rings (SSSR count). The molecule has 1 aliphatic rings. The number of nitrogens with zero attached hydrogens (tertiary/aromatic N) is 2. The minimum atomic E-state index is 0.140. The molecule has 1 N–H and O–H groups in total. The summed E-state index contributed by atoms with van der Waals surface area (Å²) in [6.45, 7) is 6.13. The van der Waals surface area contributed by atoms with Crippen LogP contribution in [0.3, 0.4) is 0 Å². The maximum absolute atomic E-state index is 12.0. The second-order valence-electron chi connectivity index (χ2n) is 7.89. The van der Waals surface area contributed by atoms with E-state index >= 15 is 0 Å². The summed E-state index contributed by atoms with van der Waals surface area (Å²) in [5.41, 5.74) is 3.36. The van der Waals surface area contributed by atoms with Gasteiger partial charge >= 0.3 is 0 Å². The SMILES string of the molecule is CCC(C)c1ccc(OCCn2c(CNC(=O)C3CC3)nc3ccccc32)cc1. The number of imidazole rings is 1. The first-order valence-electron chi connectivity index (χ1n) is 10.6. The van der Waals surface area contributed by atoms with Crippen LogP contribution in [0.2, 0.25) is 0 Å². The van der Waals surface area contributed by atoms with Crippen LogP contribution in [0.5, 0.6) is 5.75 Å². The molecule has 1 fully saturated rings. The molecule has 0 aliphatic heterocycles. The number of carbonyl (C=O) groups excluding carboxylic acids is 1. The van der Waals surface area contributed by atoms with Crippen LogP contribution >= 0.6 is 0 Å². The number of benzene rings is 2. The van der Waals surface area contributed by atoms with E-state index < -0.39 is 0 Å². The van der Waals surface area contributed by atoms with E-state index in [1.54, 1.807) is 0 Å². The molecule has 29 heavy (non-hydrogen) atoms. The highest BCUT2D eigenvalue weighted by Gasteiger charge is 2.29. The molecule has 1 aliphatic carbocycles. The maximum atomic E-state index is 12.0. The highest BCUT2D eigenvalue weighted by atomic mass is 16.5. The van der Waals surface area contributed by atoms with Crippen molar-refractivity contribution in [2.45, 2.75) is 52.1 Å². The van der Waals surface area contributed by atoms with Crippen molar-refractivity contribution in [2.24, 2.45) is 5.92 Å². The van der Waals surface area contributed by atoms with E-state index in [0.717, 1.165) is 41.9 Å². The fourth-order valence-electron chi connectivity index (χ4n) is 3.55. The van der Waals surface area contributed by atoms with Crippen LogP contribution in [-0.2, 0) is 17.9 Å². The Hall–Kier alpha value is -2.82. The lowest BCUT2D eigenvalue weighted by atomic mass is 9.99. The first-order valence-corrected chi connectivity index (χ1v) is 10.6. The fraction of sp³-hybridized carbons (Fsp3) is 0.417. The van der Waals surface area contributed by atoms with E-state index in [1.807, 2.05) is 30.3 Å². The van der Waals surface area contributed by atoms with Gasteiger partial charge in [-0.1, -0.05) is 38.1 Å². The maximum Gasteiger partial charge on any atom is 0.223 e. The molecule has 1 atom stereocenters. The zero-order valence-corrected chi connectivity index (χ0v) is 17.2. The predicted molar refractivity (Wildman–Crippen MR) is 115 cm³/mol. The summed E-state index contributed by atoms with van der Waals surface area (Å²) in [4.78, 5) is 16.8. The molecule has 3 aromatic rings.